The SMILES string of the molecule is CCNCC1CCN(C(=O)c2cc(NC(=O)CC(C)(C)C)ccc2Cl)CC1.Cl. The van der Waals surface area contributed by atoms with Gasteiger partial charge in [0.15, 0.2) is 0 Å². The molecule has 0 radical (unpaired) electrons. The normalized spacial score (nSPS) is 15.1. The molecule has 2 N–H and O–H groups in total. The van der Waals surface area contributed by atoms with Crippen molar-refractivity contribution in [3.8, 4) is 0 Å². The summed E-state index contributed by atoms with van der Waals surface area (Å²) in [5, 5.41) is 6.68. The molecule has 0 saturated carbocycles. The first-order valence-electron chi connectivity index (χ1n) is 9.79. The number of benzene rings is 1. The number of amides is 2. The van der Waals surface area contributed by atoms with E-state index in [2.05, 4.69) is 17.6 Å². The van der Waals surface area contributed by atoms with Crippen LogP contribution in [0.1, 0.15) is 57.3 Å². The van der Waals surface area contributed by atoms with Crippen molar-refractivity contribution in [3.05, 3.63) is 28.8 Å². The molecule has 1 fully saturated rings. The number of rotatable bonds is 6. The van der Waals surface area contributed by atoms with Crippen LogP contribution in [0.15, 0.2) is 18.2 Å². The zero-order chi connectivity index (χ0) is 20.0. The smallest absolute Gasteiger partial charge is 0.255 e. The lowest BCUT2D eigenvalue weighted by Gasteiger charge is -2.32. The van der Waals surface area contributed by atoms with Crippen molar-refractivity contribution < 1.29 is 9.59 Å². The average molecular weight is 430 g/mol. The Morgan fingerprint density at radius 1 is 1.21 bits per heavy atom. The average Bonchev–Trinajstić information content (AvgIpc) is 2.60. The van der Waals surface area contributed by atoms with Gasteiger partial charge in [0, 0.05) is 25.2 Å². The number of nitrogens with zero attached hydrogens (tertiary/aromatic N) is 1. The Labute approximate surface area is 180 Å². The van der Waals surface area contributed by atoms with Gasteiger partial charge in [-0.15, -0.1) is 12.4 Å². The van der Waals surface area contributed by atoms with Crippen molar-refractivity contribution in [3.63, 3.8) is 0 Å². The van der Waals surface area contributed by atoms with Gasteiger partial charge in [-0.3, -0.25) is 9.59 Å². The molecule has 1 saturated heterocycles. The second-order valence-electron chi connectivity index (χ2n) is 8.52. The molecule has 0 spiro atoms. The van der Waals surface area contributed by atoms with Gasteiger partial charge in [0.2, 0.25) is 5.91 Å². The van der Waals surface area contributed by atoms with Crippen LogP contribution < -0.4 is 10.6 Å². The Kier molecular flexibility index (Phi) is 9.75. The Bertz CT molecular complexity index is 666. The summed E-state index contributed by atoms with van der Waals surface area (Å²) in [4.78, 5) is 27.0. The van der Waals surface area contributed by atoms with E-state index in [0.717, 1.165) is 39.0 Å². The van der Waals surface area contributed by atoms with E-state index in [1.807, 2.05) is 25.7 Å². The third-order valence-electron chi connectivity index (χ3n) is 4.76. The molecule has 158 valence electrons. The molecule has 2 rings (SSSR count). The number of nitrogens with one attached hydrogen (secondary N) is 2. The van der Waals surface area contributed by atoms with E-state index in [1.165, 1.54) is 0 Å². The molecule has 0 aliphatic carbocycles. The number of hydrogen-bond acceptors (Lipinski definition) is 3. The molecule has 7 heteroatoms. The van der Waals surface area contributed by atoms with Crippen LogP contribution in [0.25, 0.3) is 0 Å². The van der Waals surface area contributed by atoms with Crippen molar-refractivity contribution in [1.29, 1.82) is 0 Å². The van der Waals surface area contributed by atoms with Crippen LogP contribution in [0, 0.1) is 11.3 Å². The standard InChI is InChI=1S/C21H32ClN3O2.ClH/c1-5-23-14-15-8-10-25(11-9-15)20(27)17-12-16(6-7-18(17)22)24-19(26)13-21(2,3)4;/h6-7,12,15,23H,5,8-11,13-14H2,1-4H3,(H,24,26);1H. The third-order valence-corrected chi connectivity index (χ3v) is 5.09. The molecule has 1 heterocycles. The van der Waals surface area contributed by atoms with Gasteiger partial charge in [-0.1, -0.05) is 39.3 Å². The Balaban J connectivity index is 0.00000392. The van der Waals surface area contributed by atoms with Crippen molar-refractivity contribution in [2.24, 2.45) is 11.3 Å². The van der Waals surface area contributed by atoms with Crippen molar-refractivity contribution in [2.75, 3.05) is 31.5 Å². The number of piperidine rings is 1. The quantitative estimate of drug-likeness (QED) is 0.694. The van der Waals surface area contributed by atoms with Crippen molar-refractivity contribution in [2.45, 2.75) is 47.0 Å². The number of anilines is 1. The molecule has 0 aromatic heterocycles. The van der Waals surface area contributed by atoms with Crippen molar-refractivity contribution >= 4 is 41.5 Å². The number of hydrogen-bond donors (Lipinski definition) is 2. The monoisotopic (exact) mass is 429 g/mol. The highest BCUT2D eigenvalue weighted by Crippen LogP contribution is 2.26. The lowest BCUT2D eigenvalue weighted by atomic mass is 9.92. The van der Waals surface area contributed by atoms with E-state index in [4.69, 9.17) is 11.6 Å². The van der Waals surface area contributed by atoms with E-state index >= 15 is 0 Å². The summed E-state index contributed by atoms with van der Waals surface area (Å²) in [7, 11) is 0. The first kappa shape index (κ1) is 24.7. The maximum absolute atomic E-state index is 12.9. The molecule has 5 nitrogen and oxygen atoms in total. The van der Waals surface area contributed by atoms with Crippen LogP contribution >= 0.6 is 24.0 Å². The number of carbonyl (C=O) groups is 2. The van der Waals surface area contributed by atoms with E-state index in [9.17, 15) is 9.59 Å². The summed E-state index contributed by atoms with van der Waals surface area (Å²) < 4.78 is 0. The highest BCUT2D eigenvalue weighted by atomic mass is 35.5. The number of carbonyl (C=O) groups excluding carboxylic acids is 2. The molecule has 2 amide bonds. The topological polar surface area (TPSA) is 61.4 Å². The zero-order valence-corrected chi connectivity index (χ0v) is 18.9. The minimum absolute atomic E-state index is 0. The lowest BCUT2D eigenvalue weighted by Crippen LogP contribution is -2.40. The minimum Gasteiger partial charge on any atom is -0.339 e. The molecule has 0 bridgehead atoms. The van der Waals surface area contributed by atoms with Gasteiger partial charge in [-0.25, -0.2) is 0 Å². The predicted molar refractivity (Wildman–Crippen MR) is 119 cm³/mol. The summed E-state index contributed by atoms with van der Waals surface area (Å²) in [6.45, 7) is 11.6. The van der Waals surface area contributed by atoms with E-state index in [-0.39, 0.29) is 29.6 Å². The molecule has 0 unspecified atom stereocenters. The molecular weight excluding hydrogens is 397 g/mol. The lowest BCUT2D eigenvalue weighted by molar-refractivity contribution is -0.117. The second kappa shape index (κ2) is 11.0. The van der Waals surface area contributed by atoms with Crippen LogP contribution in [-0.4, -0.2) is 42.9 Å². The van der Waals surface area contributed by atoms with Gasteiger partial charge in [0.1, 0.15) is 0 Å². The fourth-order valence-electron chi connectivity index (χ4n) is 3.31. The van der Waals surface area contributed by atoms with Gasteiger partial charge >= 0.3 is 0 Å². The molecule has 1 aromatic carbocycles. The third kappa shape index (κ3) is 7.61. The largest absolute Gasteiger partial charge is 0.339 e. The Morgan fingerprint density at radius 3 is 2.43 bits per heavy atom. The summed E-state index contributed by atoms with van der Waals surface area (Å²) in [5.74, 6) is 0.494. The Hall–Kier alpha value is -1.30. The van der Waals surface area contributed by atoms with Gasteiger partial charge in [-0.2, -0.15) is 0 Å². The fourth-order valence-corrected chi connectivity index (χ4v) is 3.51. The maximum atomic E-state index is 12.9. The highest BCUT2D eigenvalue weighted by molar-refractivity contribution is 6.34. The summed E-state index contributed by atoms with van der Waals surface area (Å²) in [5.41, 5.74) is 0.973. The van der Waals surface area contributed by atoms with Gasteiger partial charge in [0.25, 0.3) is 5.91 Å². The van der Waals surface area contributed by atoms with Gasteiger partial charge < -0.3 is 15.5 Å². The van der Waals surface area contributed by atoms with E-state index < -0.39 is 0 Å². The molecule has 1 aliphatic heterocycles. The first-order chi connectivity index (χ1) is 12.7. The molecule has 28 heavy (non-hydrogen) atoms. The minimum atomic E-state index is -0.0911. The number of halogens is 2. The molecular formula is C21H33Cl2N3O2. The van der Waals surface area contributed by atoms with Crippen LogP contribution in [0.2, 0.25) is 5.02 Å². The van der Waals surface area contributed by atoms with E-state index in [1.54, 1.807) is 18.2 Å². The summed E-state index contributed by atoms with van der Waals surface area (Å²) in [6.07, 6.45) is 2.41. The predicted octanol–water partition coefficient (Wildman–Crippen LogP) is 4.60. The van der Waals surface area contributed by atoms with Gasteiger partial charge in [0.05, 0.1) is 10.6 Å². The second-order valence-corrected chi connectivity index (χ2v) is 8.93. The first-order valence-corrected chi connectivity index (χ1v) is 10.2. The number of likely N-dealkylation sites (tertiary alicyclic amines) is 1. The van der Waals surface area contributed by atoms with Gasteiger partial charge in [-0.05, 0) is 55.5 Å². The zero-order valence-electron chi connectivity index (χ0n) is 17.3. The molecule has 1 aromatic rings. The van der Waals surface area contributed by atoms with Crippen molar-refractivity contribution in [1.82, 2.24) is 10.2 Å². The fraction of sp³-hybridized carbons (Fsp3) is 0.619. The van der Waals surface area contributed by atoms with Crippen LogP contribution in [0.3, 0.4) is 0 Å². The maximum Gasteiger partial charge on any atom is 0.255 e. The van der Waals surface area contributed by atoms with Crippen LogP contribution in [0.5, 0.6) is 0 Å². The molecule has 0 atom stereocenters. The van der Waals surface area contributed by atoms with Crippen LogP contribution in [0.4, 0.5) is 5.69 Å². The Morgan fingerprint density at radius 2 is 1.86 bits per heavy atom. The molecule has 1 aliphatic rings. The van der Waals surface area contributed by atoms with E-state index in [0.29, 0.717) is 28.6 Å². The highest BCUT2D eigenvalue weighted by Gasteiger charge is 2.25. The summed E-state index contributed by atoms with van der Waals surface area (Å²) >= 11 is 6.28. The summed E-state index contributed by atoms with van der Waals surface area (Å²) in [6, 6.07) is 5.11. The van der Waals surface area contributed by atoms with Crippen LogP contribution in [-0.2, 0) is 4.79 Å².